The summed E-state index contributed by atoms with van der Waals surface area (Å²) in [5, 5.41) is 8.05. The van der Waals surface area contributed by atoms with Gasteiger partial charge in [-0.2, -0.15) is 30.2 Å². The molecule has 0 radical (unpaired) electrons. The molecule has 1 atom stereocenters. The lowest BCUT2D eigenvalue weighted by Crippen LogP contribution is -2.48. The van der Waals surface area contributed by atoms with E-state index in [0.29, 0.717) is 56.8 Å². The predicted octanol–water partition coefficient (Wildman–Crippen LogP) is 3.29. The third-order valence-corrected chi connectivity index (χ3v) is 7.11. The van der Waals surface area contributed by atoms with E-state index in [1.807, 2.05) is 13.8 Å². The lowest BCUT2D eigenvalue weighted by atomic mass is 9.99. The average Bonchev–Trinajstić information content (AvgIpc) is 3.10. The van der Waals surface area contributed by atoms with Crippen LogP contribution in [0.3, 0.4) is 0 Å². The minimum atomic E-state index is -4.47. The molecular weight excluding hydrogens is 407 g/mol. The van der Waals surface area contributed by atoms with Crippen molar-refractivity contribution in [2.75, 3.05) is 26.2 Å². The van der Waals surface area contributed by atoms with E-state index in [9.17, 15) is 21.6 Å². The SMILES string of the molecule is CCCN(CCC)S(=O)(=O)N1CCCC(c2nnc3ccc(C(F)(F)F)cn23)C1. The molecule has 0 aliphatic carbocycles. The highest BCUT2D eigenvalue weighted by Gasteiger charge is 2.36. The van der Waals surface area contributed by atoms with E-state index < -0.39 is 21.9 Å². The molecule has 2 aromatic rings. The number of aromatic nitrogens is 3. The quantitative estimate of drug-likeness (QED) is 0.672. The lowest BCUT2D eigenvalue weighted by molar-refractivity contribution is -0.137. The number of fused-ring (bicyclic) bond motifs is 1. The van der Waals surface area contributed by atoms with Crippen molar-refractivity contribution in [3.05, 3.63) is 29.7 Å². The van der Waals surface area contributed by atoms with Gasteiger partial charge >= 0.3 is 6.18 Å². The second-order valence-corrected chi connectivity index (χ2v) is 9.23. The summed E-state index contributed by atoms with van der Waals surface area (Å²) in [4.78, 5) is 0. The molecule has 162 valence electrons. The molecule has 3 rings (SSSR count). The fourth-order valence-electron chi connectivity index (χ4n) is 3.72. The van der Waals surface area contributed by atoms with Gasteiger partial charge in [-0.05, 0) is 37.8 Å². The standard InChI is InChI=1S/C18H26F3N5O2S/c1-3-9-24(10-4-2)29(27,28)25-11-5-6-14(12-25)17-23-22-16-8-7-15(13-26(16)17)18(19,20)21/h7-8,13-14H,3-6,9-12H2,1-2H3. The highest BCUT2D eigenvalue weighted by Crippen LogP contribution is 2.32. The van der Waals surface area contributed by atoms with Crippen molar-refractivity contribution < 1.29 is 21.6 Å². The summed E-state index contributed by atoms with van der Waals surface area (Å²) in [6, 6.07) is 2.25. The summed E-state index contributed by atoms with van der Waals surface area (Å²) >= 11 is 0. The number of pyridine rings is 1. The van der Waals surface area contributed by atoms with Crippen molar-refractivity contribution in [2.45, 2.75) is 51.6 Å². The van der Waals surface area contributed by atoms with Gasteiger partial charge in [-0.15, -0.1) is 10.2 Å². The van der Waals surface area contributed by atoms with E-state index in [2.05, 4.69) is 10.2 Å². The van der Waals surface area contributed by atoms with Crippen LogP contribution in [0.2, 0.25) is 0 Å². The molecule has 11 heteroatoms. The summed E-state index contributed by atoms with van der Waals surface area (Å²) in [7, 11) is -3.63. The first-order chi connectivity index (χ1) is 13.7. The highest BCUT2D eigenvalue weighted by molar-refractivity contribution is 7.86. The highest BCUT2D eigenvalue weighted by atomic mass is 32.2. The Labute approximate surface area is 168 Å². The number of hydrogen-bond donors (Lipinski definition) is 0. The average molecular weight is 434 g/mol. The molecule has 1 fully saturated rings. The zero-order chi connectivity index (χ0) is 21.2. The van der Waals surface area contributed by atoms with Crippen LogP contribution in [0.5, 0.6) is 0 Å². The van der Waals surface area contributed by atoms with Gasteiger partial charge in [-0.3, -0.25) is 4.40 Å². The van der Waals surface area contributed by atoms with Crippen LogP contribution in [0.25, 0.3) is 5.65 Å². The van der Waals surface area contributed by atoms with Crippen LogP contribution in [0.4, 0.5) is 13.2 Å². The molecule has 2 aromatic heterocycles. The summed E-state index contributed by atoms with van der Waals surface area (Å²) in [6.45, 7) is 5.33. The van der Waals surface area contributed by atoms with Gasteiger partial charge in [0.25, 0.3) is 10.2 Å². The summed E-state index contributed by atoms with van der Waals surface area (Å²) in [6.07, 6.45) is -0.803. The molecule has 3 heterocycles. The molecule has 0 amide bonds. The Hall–Kier alpha value is -1.72. The van der Waals surface area contributed by atoms with E-state index in [0.717, 1.165) is 12.3 Å². The van der Waals surface area contributed by atoms with Crippen molar-refractivity contribution in [1.82, 2.24) is 23.2 Å². The van der Waals surface area contributed by atoms with Crippen LogP contribution in [0.1, 0.15) is 56.8 Å². The number of nitrogens with zero attached hydrogens (tertiary/aromatic N) is 5. The van der Waals surface area contributed by atoms with Gasteiger partial charge in [-0.25, -0.2) is 0 Å². The van der Waals surface area contributed by atoms with Crippen molar-refractivity contribution in [3.63, 3.8) is 0 Å². The molecule has 29 heavy (non-hydrogen) atoms. The molecule has 0 N–H and O–H groups in total. The smallest absolute Gasteiger partial charge is 0.286 e. The van der Waals surface area contributed by atoms with Crippen LogP contribution in [-0.2, 0) is 16.4 Å². The first kappa shape index (κ1) is 22.0. The van der Waals surface area contributed by atoms with Crippen molar-refractivity contribution in [3.8, 4) is 0 Å². The summed E-state index contributed by atoms with van der Waals surface area (Å²) in [5.41, 5.74) is -0.477. The third kappa shape index (κ3) is 4.56. The van der Waals surface area contributed by atoms with Gasteiger partial charge in [-0.1, -0.05) is 13.8 Å². The lowest BCUT2D eigenvalue weighted by Gasteiger charge is -2.35. The van der Waals surface area contributed by atoms with Crippen LogP contribution in [-0.4, -0.2) is 57.8 Å². The van der Waals surface area contributed by atoms with E-state index in [1.165, 1.54) is 19.1 Å². The number of rotatable bonds is 7. The Morgan fingerprint density at radius 2 is 1.86 bits per heavy atom. The molecule has 1 aliphatic rings. The zero-order valence-electron chi connectivity index (χ0n) is 16.6. The first-order valence-corrected chi connectivity index (χ1v) is 11.2. The fraction of sp³-hybridized carbons (Fsp3) is 0.667. The minimum Gasteiger partial charge on any atom is -0.286 e. The number of alkyl halides is 3. The molecule has 0 saturated carbocycles. The Bertz CT molecular complexity index is 939. The second-order valence-electron chi connectivity index (χ2n) is 7.31. The number of halogens is 3. The van der Waals surface area contributed by atoms with Gasteiger partial charge in [0, 0.05) is 38.3 Å². The third-order valence-electron chi connectivity index (χ3n) is 5.10. The molecule has 1 unspecified atom stereocenters. The number of hydrogen-bond acceptors (Lipinski definition) is 4. The first-order valence-electron chi connectivity index (χ1n) is 9.85. The van der Waals surface area contributed by atoms with E-state index in [4.69, 9.17) is 0 Å². The topological polar surface area (TPSA) is 70.8 Å². The Morgan fingerprint density at radius 3 is 2.48 bits per heavy atom. The molecule has 7 nitrogen and oxygen atoms in total. The van der Waals surface area contributed by atoms with Crippen molar-refractivity contribution >= 4 is 15.9 Å². The molecular formula is C18H26F3N5O2S. The number of piperidine rings is 1. The molecule has 1 aliphatic heterocycles. The molecule has 0 spiro atoms. The van der Waals surface area contributed by atoms with Crippen LogP contribution < -0.4 is 0 Å². The Morgan fingerprint density at radius 1 is 1.17 bits per heavy atom. The fourth-order valence-corrected chi connectivity index (χ4v) is 5.60. The predicted molar refractivity (Wildman–Crippen MR) is 103 cm³/mol. The van der Waals surface area contributed by atoms with Gasteiger partial charge in [0.15, 0.2) is 5.65 Å². The maximum atomic E-state index is 13.1. The van der Waals surface area contributed by atoms with Gasteiger partial charge in [0.2, 0.25) is 0 Å². The van der Waals surface area contributed by atoms with Crippen LogP contribution in [0, 0.1) is 0 Å². The maximum Gasteiger partial charge on any atom is 0.417 e. The van der Waals surface area contributed by atoms with Gasteiger partial charge < -0.3 is 0 Å². The van der Waals surface area contributed by atoms with Crippen molar-refractivity contribution in [2.24, 2.45) is 0 Å². The largest absolute Gasteiger partial charge is 0.417 e. The van der Waals surface area contributed by atoms with Gasteiger partial charge in [0.1, 0.15) is 5.82 Å². The zero-order valence-corrected chi connectivity index (χ0v) is 17.4. The van der Waals surface area contributed by atoms with Crippen LogP contribution >= 0.6 is 0 Å². The molecule has 1 saturated heterocycles. The normalized spacial score (nSPS) is 19.3. The molecule has 0 aromatic carbocycles. The molecule has 0 bridgehead atoms. The monoisotopic (exact) mass is 433 g/mol. The van der Waals surface area contributed by atoms with E-state index in [1.54, 1.807) is 0 Å². The van der Waals surface area contributed by atoms with Crippen molar-refractivity contribution in [1.29, 1.82) is 0 Å². The summed E-state index contributed by atoms with van der Waals surface area (Å²) < 4.78 is 69.7. The summed E-state index contributed by atoms with van der Waals surface area (Å²) in [5.74, 6) is 0.0469. The van der Waals surface area contributed by atoms with E-state index in [-0.39, 0.29) is 12.5 Å². The second kappa shape index (κ2) is 8.57. The Kier molecular flexibility index (Phi) is 6.49. The van der Waals surface area contributed by atoms with E-state index >= 15 is 0 Å². The van der Waals surface area contributed by atoms with Crippen LogP contribution in [0.15, 0.2) is 18.3 Å². The van der Waals surface area contributed by atoms with Gasteiger partial charge in [0.05, 0.1) is 5.56 Å². The maximum absolute atomic E-state index is 13.1. The Balaban J connectivity index is 1.89. The minimum absolute atomic E-state index is 0.184.